The monoisotopic (exact) mass is 392 g/mol. The highest BCUT2D eigenvalue weighted by molar-refractivity contribution is 6.52. The molecule has 2 heterocycles. The number of ether oxygens (including phenoxy) is 1. The van der Waals surface area contributed by atoms with Crippen molar-refractivity contribution in [3.8, 4) is 5.75 Å². The van der Waals surface area contributed by atoms with Gasteiger partial charge in [-0.15, -0.1) is 0 Å². The Hall–Kier alpha value is -2.85. The van der Waals surface area contributed by atoms with E-state index < -0.39 is 0 Å². The number of aromatic amines is 2. The van der Waals surface area contributed by atoms with Crippen LogP contribution in [-0.2, 0) is 0 Å². The zero-order valence-corrected chi connectivity index (χ0v) is 17.2. The highest BCUT2D eigenvalue weighted by Crippen LogP contribution is 2.40. The van der Waals surface area contributed by atoms with Gasteiger partial charge in [0, 0.05) is 32.6 Å². The van der Waals surface area contributed by atoms with Crippen LogP contribution in [0.25, 0.3) is 43.6 Å². The number of hydrogen-bond acceptors (Lipinski definition) is 2. The molecule has 3 radical (unpaired) electrons. The second kappa shape index (κ2) is 7.77. The Morgan fingerprint density at radius 1 is 0.867 bits per heavy atom. The first-order chi connectivity index (χ1) is 14.7. The van der Waals surface area contributed by atoms with Gasteiger partial charge in [0.15, 0.2) is 5.75 Å². The van der Waals surface area contributed by atoms with Crippen molar-refractivity contribution in [2.45, 2.75) is 26.1 Å². The van der Waals surface area contributed by atoms with Crippen LogP contribution in [0, 0.1) is 0 Å². The van der Waals surface area contributed by atoms with E-state index in [1.54, 1.807) is 0 Å². The first-order valence-corrected chi connectivity index (χ1v) is 10.6. The van der Waals surface area contributed by atoms with E-state index in [0.29, 0.717) is 6.61 Å². The predicted molar refractivity (Wildman–Crippen MR) is 130 cm³/mol. The van der Waals surface area contributed by atoms with Gasteiger partial charge in [-0.1, -0.05) is 42.0 Å². The van der Waals surface area contributed by atoms with Crippen LogP contribution in [-0.4, -0.2) is 38.2 Å². The maximum atomic E-state index is 6.38. The fourth-order valence-electron chi connectivity index (χ4n) is 4.31. The Labute approximate surface area is 177 Å². The van der Waals surface area contributed by atoms with Gasteiger partial charge in [0.25, 0.3) is 0 Å². The van der Waals surface area contributed by atoms with E-state index in [1.165, 1.54) is 16.2 Å². The number of benzene rings is 3. The molecule has 0 aliphatic carbocycles. The van der Waals surface area contributed by atoms with E-state index in [4.69, 9.17) is 18.3 Å². The van der Waals surface area contributed by atoms with Crippen LogP contribution in [0.3, 0.4) is 0 Å². The molecule has 2 aromatic heterocycles. The molecule has 3 aromatic carbocycles. The number of nitrogens with two attached hydrogens (primary N) is 1. The topological polar surface area (TPSA) is 66.8 Å². The summed E-state index contributed by atoms with van der Waals surface area (Å²) in [6.07, 6.45) is 3.08. The van der Waals surface area contributed by atoms with Crippen molar-refractivity contribution in [2.24, 2.45) is 5.73 Å². The minimum Gasteiger partial charge on any atom is -0.489 e. The Balaban J connectivity index is 1.75. The molecule has 30 heavy (non-hydrogen) atoms. The molecule has 6 heteroatoms. The van der Waals surface area contributed by atoms with Gasteiger partial charge in [-0.2, -0.15) is 0 Å². The quantitative estimate of drug-likeness (QED) is 0.293. The molecule has 4 nitrogen and oxygen atoms in total. The van der Waals surface area contributed by atoms with Crippen LogP contribution in [0.4, 0.5) is 0 Å². The van der Waals surface area contributed by atoms with Crippen molar-refractivity contribution >= 4 is 69.7 Å². The summed E-state index contributed by atoms with van der Waals surface area (Å²) in [5.74, 6) is 0.878. The summed E-state index contributed by atoms with van der Waals surface area (Å²) in [4.78, 5) is 7.15. The van der Waals surface area contributed by atoms with Gasteiger partial charge in [0.2, 0.25) is 0 Å². The molecule has 5 aromatic rings. The van der Waals surface area contributed by atoms with Crippen LogP contribution < -0.4 is 21.4 Å². The molecular formula is C24H24B2N3O. The average Bonchev–Trinajstić information content (AvgIpc) is 3.30. The Bertz CT molecular complexity index is 1370. The van der Waals surface area contributed by atoms with E-state index in [9.17, 15) is 0 Å². The molecule has 4 N–H and O–H groups in total. The van der Waals surface area contributed by atoms with E-state index in [2.05, 4.69) is 48.3 Å². The number of unbranched alkanes of at least 4 members (excludes halogenated alkanes) is 2. The molecule has 0 aliphatic rings. The maximum absolute atomic E-state index is 6.38. The minimum absolute atomic E-state index is 0.662. The summed E-state index contributed by atoms with van der Waals surface area (Å²) in [6, 6.07) is 14.7. The van der Waals surface area contributed by atoms with Crippen LogP contribution in [0.2, 0.25) is 6.82 Å². The molecule has 0 fully saturated rings. The lowest BCUT2D eigenvalue weighted by Gasteiger charge is -2.09. The van der Waals surface area contributed by atoms with E-state index in [0.717, 1.165) is 69.9 Å². The van der Waals surface area contributed by atoms with Gasteiger partial charge in [-0.05, 0) is 44.0 Å². The molecule has 0 unspecified atom stereocenters. The summed E-state index contributed by atoms with van der Waals surface area (Å²) < 4.78 is 6.38. The molecule has 5 rings (SSSR count). The van der Waals surface area contributed by atoms with Crippen LogP contribution >= 0.6 is 0 Å². The van der Waals surface area contributed by atoms with Gasteiger partial charge in [-0.25, -0.2) is 0 Å². The summed E-state index contributed by atoms with van der Waals surface area (Å²) in [5, 5.41) is 4.62. The Morgan fingerprint density at radius 2 is 1.57 bits per heavy atom. The normalized spacial score (nSPS) is 11.8. The minimum atomic E-state index is 0.662. The zero-order valence-electron chi connectivity index (χ0n) is 17.2. The van der Waals surface area contributed by atoms with Crippen molar-refractivity contribution in [3.05, 3.63) is 42.5 Å². The molecule has 0 aliphatic heterocycles. The first-order valence-electron chi connectivity index (χ1n) is 10.6. The fourth-order valence-corrected chi connectivity index (χ4v) is 4.31. The van der Waals surface area contributed by atoms with E-state index >= 15 is 0 Å². The summed E-state index contributed by atoms with van der Waals surface area (Å²) in [6.45, 7) is 3.45. The van der Waals surface area contributed by atoms with E-state index in [-0.39, 0.29) is 0 Å². The largest absolute Gasteiger partial charge is 0.489 e. The highest BCUT2D eigenvalue weighted by Gasteiger charge is 2.17. The van der Waals surface area contributed by atoms with Gasteiger partial charge in [0.05, 0.1) is 17.6 Å². The Kier molecular flexibility index (Phi) is 4.95. The number of fused-ring (bicyclic) bond motifs is 6. The maximum Gasteiger partial charge on any atom is 0.167 e. The molecule has 0 saturated carbocycles. The number of rotatable bonds is 7. The molecule has 147 valence electrons. The standard InChI is InChI=1S/C24H24B2N3O/c1-26-15-6-8-21-17(12-15)19-13-18-16-11-14(25)5-7-20(16)28-22(18)24(23(19)29-21)30-10-4-2-3-9-27/h5-8,11-13,28-29H,2-4,9-10,27H2,1H3. The predicted octanol–water partition coefficient (Wildman–Crippen LogP) is 3.63. The molecule has 0 amide bonds. The molecular weight excluding hydrogens is 368 g/mol. The number of nitrogens with one attached hydrogen (secondary N) is 2. The highest BCUT2D eigenvalue weighted by atomic mass is 16.5. The fraction of sp³-hybridized carbons (Fsp3) is 0.250. The lowest BCUT2D eigenvalue weighted by molar-refractivity contribution is 0.311. The van der Waals surface area contributed by atoms with Gasteiger partial charge >= 0.3 is 0 Å². The smallest absolute Gasteiger partial charge is 0.167 e. The zero-order chi connectivity index (χ0) is 20.7. The number of H-pyrrole nitrogens is 2. The Morgan fingerprint density at radius 3 is 2.27 bits per heavy atom. The third kappa shape index (κ3) is 3.16. The van der Waals surface area contributed by atoms with Crippen molar-refractivity contribution in [1.29, 1.82) is 0 Å². The lowest BCUT2D eigenvalue weighted by Crippen LogP contribution is -2.08. The summed E-state index contributed by atoms with van der Waals surface area (Å²) >= 11 is 0. The van der Waals surface area contributed by atoms with Gasteiger partial charge in [0.1, 0.15) is 15.1 Å². The summed E-state index contributed by atoms with van der Waals surface area (Å²) in [7, 11) is 8.22. The van der Waals surface area contributed by atoms with Crippen LogP contribution in [0.1, 0.15) is 19.3 Å². The lowest BCUT2D eigenvalue weighted by atomic mass is 9.73. The summed E-state index contributed by atoms with van der Waals surface area (Å²) in [5.41, 5.74) is 11.8. The average molecular weight is 392 g/mol. The number of aromatic nitrogens is 2. The second-order valence-corrected chi connectivity index (χ2v) is 7.90. The number of hydrogen-bond donors (Lipinski definition) is 3. The first kappa shape index (κ1) is 19.1. The molecule has 0 spiro atoms. The van der Waals surface area contributed by atoms with Gasteiger partial charge < -0.3 is 20.4 Å². The van der Waals surface area contributed by atoms with E-state index in [1.807, 2.05) is 18.2 Å². The van der Waals surface area contributed by atoms with Crippen molar-refractivity contribution < 1.29 is 4.74 Å². The van der Waals surface area contributed by atoms with Crippen LogP contribution in [0.15, 0.2) is 42.5 Å². The third-order valence-corrected chi connectivity index (χ3v) is 5.90. The molecule has 0 saturated heterocycles. The van der Waals surface area contributed by atoms with Crippen molar-refractivity contribution in [1.82, 2.24) is 9.97 Å². The second-order valence-electron chi connectivity index (χ2n) is 7.90. The van der Waals surface area contributed by atoms with Crippen molar-refractivity contribution in [3.63, 3.8) is 0 Å². The molecule has 0 atom stereocenters. The third-order valence-electron chi connectivity index (χ3n) is 5.90. The van der Waals surface area contributed by atoms with Crippen molar-refractivity contribution in [2.75, 3.05) is 13.2 Å². The molecule has 0 bridgehead atoms. The van der Waals surface area contributed by atoms with Gasteiger partial charge in [-0.3, -0.25) is 0 Å². The SMILES string of the molecule is [B]c1ccc2[nH]c3c(OCCCCCN)c4[nH]c5ccc([B]C)cc5c4cc3c2c1. The van der Waals surface area contributed by atoms with Crippen LogP contribution in [0.5, 0.6) is 5.75 Å².